The van der Waals surface area contributed by atoms with Gasteiger partial charge in [0.15, 0.2) is 24.4 Å². The molecule has 0 saturated carbocycles. The molecule has 1 heterocycles. The summed E-state index contributed by atoms with van der Waals surface area (Å²) in [6.45, 7) is -0.973. The molecule has 0 radical (unpaired) electrons. The molecular formula is C59H48O17P2. The van der Waals surface area contributed by atoms with Crippen molar-refractivity contribution in [2.75, 3.05) is 6.61 Å². The second-order valence-corrected chi connectivity index (χ2v) is 19.9. The van der Waals surface area contributed by atoms with Gasteiger partial charge in [-0.1, -0.05) is 146 Å². The van der Waals surface area contributed by atoms with E-state index in [1.54, 1.807) is 146 Å². The van der Waals surface area contributed by atoms with Crippen LogP contribution in [-0.2, 0) is 41.9 Å². The molecule has 1 saturated heterocycles. The Kier molecular flexibility index (Phi) is 17.9. The summed E-state index contributed by atoms with van der Waals surface area (Å²) in [4.78, 5) is 58.0. The number of carbonyl (C=O) groups is 4. The largest absolute Gasteiger partial charge is 0.590 e. The molecule has 6 atom stereocenters. The van der Waals surface area contributed by atoms with Gasteiger partial charge in [-0.05, 0) is 97.1 Å². The van der Waals surface area contributed by atoms with Gasteiger partial charge in [-0.2, -0.15) is 0 Å². The van der Waals surface area contributed by atoms with E-state index < -0.39 is 82.9 Å². The molecule has 9 rings (SSSR count). The predicted octanol–water partition coefficient (Wildman–Crippen LogP) is 12.2. The molecule has 0 aromatic heterocycles. The Bertz CT molecular complexity index is 3220. The van der Waals surface area contributed by atoms with Crippen molar-refractivity contribution < 1.29 is 79.1 Å². The molecule has 8 aromatic carbocycles. The highest BCUT2D eigenvalue weighted by atomic mass is 31.2. The Hall–Kier alpha value is -8.82. The van der Waals surface area contributed by atoms with Gasteiger partial charge in [0.05, 0.1) is 22.3 Å². The first-order valence-corrected chi connectivity index (χ1v) is 27.1. The Morgan fingerprint density at radius 3 is 1.03 bits per heavy atom. The zero-order valence-corrected chi connectivity index (χ0v) is 42.9. The van der Waals surface area contributed by atoms with E-state index in [-0.39, 0.29) is 45.3 Å². The van der Waals surface area contributed by atoms with Crippen molar-refractivity contribution in [3.8, 4) is 23.0 Å². The standard InChI is InChI=1S/C59H48O17P2/c60-55(42-25-9-1-10-26-42)67-50(41-66-77(64,72-46-33-17-5-18-34-46)73-47-35-19-6-20-36-47)51-52(68-56(61)43-27-11-2-12-28-43)53(69-57(62)44-29-13-3-14-30-44)54(70-58(63)45-31-15-4-16-32-45)59(71-51)76-78(65,74-48-37-21-7-22-38-48)75-49-39-23-8-24-40-49/h1-40,50-54,59H,41H2/t50-,51-,52-,53+,54+,59+/m1/s1. The van der Waals surface area contributed by atoms with E-state index in [1.165, 1.54) is 97.1 Å². The number of carbonyl (C=O) groups excluding carboxylic acids is 4. The molecule has 0 bridgehead atoms. The van der Waals surface area contributed by atoms with Gasteiger partial charge in [0.2, 0.25) is 6.29 Å². The third kappa shape index (κ3) is 14.6. The van der Waals surface area contributed by atoms with Crippen LogP contribution >= 0.6 is 15.6 Å². The van der Waals surface area contributed by atoms with Gasteiger partial charge in [-0.15, -0.1) is 0 Å². The van der Waals surface area contributed by atoms with Crippen molar-refractivity contribution in [3.63, 3.8) is 0 Å². The number of phosphoric ester groups is 2. The summed E-state index contributed by atoms with van der Waals surface area (Å²) in [7, 11) is -10.0. The van der Waals surface area contributed by atoms with Crippen LogP contribution in [0.1, 0.15) is 41.4 Å². The molecule has 78 heavy (non-hydrogen) atoms. The quantitative estimate of drug-likeness (QED) is 0.0352. The minimum atomic E-state index is -5.14. The second kappa shape index (κ2) is 25.8. The van der Waals surface area contributed by atoms with Crippen molar-refractivity contribution in [1.82, 2.24) is 0 Å². The summed E-state index contributed by atoms with van der Waals surface area (Å²) >= 11 is 0. The molecule has 0 unspecified atom stereocenters. The highest BCUT2D eigenvalue weighted by Gasteiger charge is 2.59. The molecule has 0 aliphatic carbocycles. The van der Waals surface area contributed by atoms with Crippen LogP contribution in [0.3, 0.4) is 0 Å². The number of phosphoric acid groups is 2. The maximum absolute atomic E-state index is 15.5. The van der Waals surface area contributed by atoms with Gasteiger partial charge in [-0.3, -0.25) is 4.52 Å². The lowest BCUT2D eigenvalue weighted by atomic mass is 9.94. The minimum absolute atomic E-state index is 0.00643. The molecule has 19 heteroatoms. The SMILES string of the molecule is O=C(O[C@H]1[C@H](OC(=O)c2ccccc2)[C@@H]([C@@H](COP(=O)(Oc2ccccc2)Oc2ccccc2)OC(=O)c2ccccc2)O[C@@H](OP(=O)(Oc2ccccc2)Oc2ccccc2)[C@H]1OC(=O)c1ccccc1)c1ccccc1. The fraction of sp³-hybridized carbons (Fsp3) is 0.119. The van der Waals surface area contributed by atoms with Gasteiger partial charge in [-0.25, -0.2) is 32.8 Å². The lowest BCUT2D eigenvalue weighted by molar-refractivity contribution is -0.289. The molecule has 17 nitrogen and oxygen atoms in total. The highest BCUT2D eigenvalue weighted by Crippen LogP contribution is 2.54. The maximum atomic E-state index is 15.5. The van der Waals surface area contributed by atoms with Crippen molar-refractivity contribution in [1.29, 1.82) is 0 Å². The van der Waals surface area contributed by atoms with E-state index in [2.05, 4.69) is 0 Å². The van der Waals surface area contributed by atoms with Crippen LogP contribution < -0.4 is 18.1 Å². The average Bonchev–Trinajstić information content (AvgIpc) is 3.47. The first-order valence-electron chi connectivity index (χ1n) is 24.2. The molecule has 1 fully saturated rings. The summed E-state index contributed by atoms with van der Waals surface area (Å²) in [5, 5.41) is 0. The summed E-state index contributed by atoms with van der Waals surface area (Å²) in [5.74, 6) is -4.06. The van der Waals surface area contributed by atoms with E-state index in [4.69, 9.17) is 50.8 Å². The first kappa shape index (κ1) is 54.0. The van der Waals surface area contributed by atoms with Crippen LogP contribution in [0.4, 0.5) is 0 Å². The van der Waals surface area contributed by atoms with Crippen molar-refractivity contribution in [3.05, 3.63) is 265 Å². The Morgan fingerprint density at radius 1 is 0.372 bits per heavy atom. The molecule has 0 amide bonds. The van der Waals surface area contributed by atoms with Gasteiger partial charge >= 0.3 is 39.5 Å². The van der Waals surface area contributed by atoms with Crippen LogP contribution in [0.15, 0.2) is 243 Å². The fourth-order valence-electron chi connectivity index (χ4n) is 7.75. The molecule has 8 aromatic rings. The number of hydrogen-bond donors (Lipinski definition) is 0. The predicted molar refractivity (Wildman–Crippen MR) is 282 cm³/mol. The van der Waals surface area contributed by atoms with Gasteiger partial charge in [0.1, 0.15) is 35.7 Å². The maximum Gasteiger partial charge on any atom is 0.590 e. The van der Waals surface area contributed by atoms with E-state index in [0.717, 1.165) is 0 Å². The van der Waals surface area contributed by atoms with Crippen LogP contribution in [0.5, 0.6) is 23.0 Å². The summed E-state index contributed by atoms with van der Waals surface area (Å²) < 4.78 is 98.8. The molecular weight excluding hydrogens is 1040 g/mol. The van der Waals surface area contributed by atoms with Crippen LogP contribution in [0, 0.1) is 0 Å². The lowest BCUT2D eigenvalue weighted by Crippen LogP contribution is -2.65. The fourth-order valence-corrected chi connectivity index (χ4v) is 10.3. The van der Waals surface area contributed by atoms with E-state index in [1.807, 2.05) is 0 Å². The average molecular weight is 1090 g/mol. The molecule has 396 valence electrons. The Labute approximate surface area is 448 Å². The summed E-state index contributed by atoms with van der Waals surface area (Å²) in [6, 6.07) is 62.2. The number of hydrogen-bond acceptors (Lipinski definition) is 17. The molecule has 1 aliphatic heterocycles. The summed E-state index contributed by atoms with van der Waals surface area (Å²) in [5.41, 5.74) is -0.0304. The monoisotopic (exact) mass is 1090 g/mol. The first-order chi connectivity index (χ1) is 38.0. The number of rotatable bonds is 22. The number of esters is 4. The number of benzene rings is 8. The van der Waals surface area contributed by atoms with Gasteiger partial charge in [0, 0.05) is 0 Å². The Morgan fingerprint density at radius 2 is 0.667 bits per heavy atom. The third-order valence-electron chi connectivity index (χ3n) is 11.4. The zero-order valence-electron chi connectivity index (χ0n) is 41.1. The number of para-hydroxylation sites is 4. The number of ether oxygens (including phenoxy) is 5. The van der Waals surface area contributed by atoms with Gasteiger partial charge in [0.25, 0.3) is 0 Å². The van der Waals surface area contributed by atoms with E-state index in [9.17, 15) is 19.2 Å². The third-order valence-corrected chi connectivity index (χ3v) is 14.1. The lowest BCUT2D eigenvalue weighted by Gasteiger charge is -2.46. The van der Waals surface area contributed by atoms with Gasteiger partial charge < -0.3 is 41.8 Å². The Balaban J connectivity index is 1.22. The summed E-state index contributed by atoms with van der Waals surface area (Å²) in [6.07, 6.45) is -12.3. The highest BCUT2D eigenvalue weighted by molar-refractivity contribution is 7.49. The van der Waals surface area contributed by atoms with Crippen LogP contribution in [0.25, 0.3) is 0 Å². The molecule has 0 N–H and O–H groups in total. The van der Waals surface area contributed by atoms with E-state index >= 15 is 9.13 Å². The smallest absolute Gasteiger partial charge is 0.453 e. The van der Waals surface area contributed by atoms with Crippen molar-refractivity contribution in [2.45, 2.75) is 36.8 Å². The zero-order chi connectivity index (χ0) is 54.2. The minimum Gasteiger partial charge on any atom is -0.453 e. The van der Waals surface area contributed by atoms with E-state index in [0.29, 0.717) is 0 Å². The molecule has 1 aliphatic rings. The van der Waals surface area contributed by atoms with Crippen LogP contribution in [0.2, 0.25) is 0 Å². The van der Waals surface area contributed by atoms with Crippen molar-refractivity contribution in [2.24, 2.45) is 0 Å². The second-order valence-electron chi connectivity index (χ2n) is 16.9. The normalized spacial score (nSPS) is 17.5. The van der Waals surface area contributed by atoms with Crippen LogP contribution in [-0.4, -0.2) is 67.3 Å². The topological polar surface area (TPSA) is 204 Å². The molecule has 0 spiro atoms. The van der Waals surface area contributed by atoms with Crippen molar-refractivity contribution >= 4 is 39.5 Å².